The number of ether oxygens (including phenoxy) is 3. The Bertz CT molecular complexity index is 744. The molecular weight excluding hydrogens is 322 g/mol. The molecule has 0 saturated carbocycles. The Morgan fingerprint density at radius 1 is 1.04 bits per heavy atom. The molecule has 0 fully saturated rings. The highest BCUT2D eigenvalue weighted by Gasteiger charge is 2.20. The van der Waals surface area contributed by atoms with Crippen molar-refractivity contribution in [1.29, 1.82) is 0 Å². The van der Waals surface area contributed by atoms with E-state index in [-0.39, 0.29) is 5.91 Å². The lowest BCUT2D eigenvalue weighted by atomic mass is 10.2. The zero-order valence-corrected chi connectivity index (χ0v) is 14.4. The van der Waals surface area contributed by atoms with E-state index in [1.165, 1.54) is 7.11 Å². The normalized spacial score (nSPS) is 11.3. The smallest absolute Gasteiger partial charge is 0.337 e. The molecule has 132 valence electrons. The molecule has 0 saturated heterocycles. The number of carbonyl (C=O) groups is 2. The summed E-state index contributed by atoms with van der Waals surface area (Å²) in [6.45, 7) is 1.85. The van der Waals surface area contributed by atoms with Gasteiger partial charge in [-0.3, -0.25) is 4.79 Å². The average molecular weight is 343 g/mol. The molecule has 25 heavy (non-hydrogen) atoms. The van der Waals surface area contributed by atoms with Crippen LogP contribution >= 0.6 is 0 Å². The average Bonchev–Trinajstić information content (AvgIpc) is 2.65. The summed E-state index contributed by atoms with van der Waals surface area (Å²) in [7, 11) is 2.85. The van der Waals surface area contributed by atoms with E-state index in [4.69, 9.17) is 9.47 Å². The fourth-order valence-corrected chi connectivity index (χ4v) is 2.26. The topological polar surface area (TPSA) is 73.9 Å². The molecule has 1 unspecified atom stereocenters. The molecule has 6 nitrogen and oxygen atoms in total. The minimum Gasteiger partial charge on any atom is -0.493 e. The van der Waals surface area contributed by atoms with Gasteiger partial charge < -0.3 is 19.5 Å². The van der Waals surface area contributed by atoms with Gasteiger partial charge in [0.1, 0.15) is 0 Å². The van der Waals surface area contributed by atoms with Crippen molar-refractivity contribution in [3.8, 4) is 11.5 Å². The van der Waals surface area contributed by atoms with Crippen LogP contribution in [0.3, 0.4) is 0 Å². The Labute approximate surface area is 146 Å². The van der Waals surface area contributed by atoms with Crippen molar-refractivity contribution in [2.24, 2.45) is 0 Å². The van der Waals surface area contributed by atoms with E-state index in [2.05, 4.69) is 10.1 Å². The molecule has 0 spiro atoms. The molecule has 2 aromatic carbocycles. The first-order valence-corrected chi connectivity index (χ1v) is 7.88. The van der Waals surface area contributed by atoms with Crippen molar-refractivity contribution in [2.45, 2.75) is 19.4 Å². The van der Waals surface area contributed by atoms with Crippen LogP contribution < -0.4 is 14.8 Å². The van der Waals surface area contributed by atoms with Gasteiger partial charge in [0.05, 0.1) is 19.8 Å². The SMILES string of the molecule is CCC(Oc1ccccc1OC)C(=O)Nc1cccc(C(=O)OC)c1. The van der Waals surface area contributed by atoms with Gasteiger partial charge >= 0.3 is 5.97 Å². The second-order valence-electron chi connectivity index (χ2n) is 5.23. The van der Waals surface area contributed by atoms with Gasteiger partial charge in [-0.15, -0.1) is 0 Å². The van der Waals surface area contributed by atoms with Crippen LogP contribution in [0, 0.1) is 0 Å². The van der Waals surface area contributed by atoms with Crippen LogP contribution in [0.1, 0.15) is 23.7 Å². The minimum atomic E-state index is -0.696. The highest BCUT2D eigenvalue weighted by molar-refractivity contribution is 5.96. The van der Waals surface area contributed by atoms with Crippen molar-refractivity contribution in [2.75, 3.05) is 19.5 Å². The molecule has 0 aromatic heterocycles. The number of hydrogen-bond donors (Lipinski definition) is 1. The fourth-order valence-electron chi connectivity index (χ4n) is 2.26. The van der Waals surface area contributed by atoms with E-state index in [1.807, 2.05) is 19.1 Å². The van der Waals surface area contributed by atoms with Crippen LogP contribution in [-0.2, 0) is 9.53 Å². The molecule has 0 aliphatic carbocycles. The van der Waals surface area contributed by atoms with E-state index in [0.717, 1.165) is 0 Å². The number of amides is 1. The lowest BCUT2D eigenvalue weighted by Crippen LogP contribution is -2.32. The van der Waals surface area contributed by atoms with Gasteiger partial charge in [-0.05, 0) is 36.8 Å². The van der Waals surface area contributed by atoms with E-state index < -0.39 is 12.1 Å². The summed E-state index contributed by atoms with van der Waals surface area (Å²) in [6, 6.07) is 13.7. The Morgan fingerprint density at radius 3 is 2.40 bits per heavy atom. The van der Waals surface area contributed by atoms with Gasteiger partial charge in [-0.2, -0.15) is 0 Å². The standard InChI is InChI=1S/C19H21NO5/c1-4-15(25-17-11-6-5-10-16(17)23-2)18(21)20-14-9-7-8-13(12-14)19(22)24-3/h5-12,15H,4H2,1-3H3,(H,20,21). The first kappa shape index (κ1) is 18.3. The van der Waals surface area contributed by atoms with Crippen molar-refractivity contribution in [1.82, 2.24) is 0 Å². The highest BCUT2D eigenvalue weighted by Crippen LogP contribution is 2.27. The van der Waals surface area contributed by atoms with Gasteiger partial charge in [0, 0.05) is 5.69 Å². The van der Waals surface area contributed by atoms with Gasteiger partial charge in [-0.25, -0.2) is 4.79 Å². The molecular formula is C19H21NO5. The summed E-state index contributed by atoms with van der Waals surface area (Å²) in [5.41, 5.74) is 0.856. The Balaban J connectivity index is 2.11. The molecule has 0 aliphatic rings. The first-order chi connectivity index (χ1) is 12.1. The van der Waals surface area contributed by atoms with Crippen LogP contribution in [0.25, 0.3) is 0 Å². The number of anilines is 1. The molecule has 2 rings (SSSR count). The second-order valence-corrected chi connectivity index (χ2v) is 5.23. The molecule has 0 radical (unpaired) electrons. The Morgan fingerprint density at radius 2 is 1.76 bits per heavy atom. The molecule has 0 aliphatic heterocycles. The maximum absolute atomic E-state index is 12.5. The number of rotatable bonds is 7. The summed E-state index contributed by atoms with van der Waals surface area (Å²) in [5, 5.41) is 2.76. The summed E-state index contributed by atoms with van der Waals surface area (Å²) >= 11 is 0. The number of nitrogens with one attached hydrogen (secondary N) is 1. The Hall–Kier alpha value is -3.02. The highest BCUT2D eigenvalue weighted by atomic mass is 16.5. The van der Waals surface area contributed by atoms with Crippen molar-refractivity contribution in [3.63, 3.8) is 0 Å². The fraction of sp³-hybridized carbons (Fsp3) is 0.263. The first-order valence-electron chi connectivity index (χ1n) is 7.88. The number of methoxy groups -OCH3 is 2. The molecule has 6 heteroatoms. The van der Waals surface area contributed by atoms with E-state index >= 15 is 0 Å². The van der Waals surface area contributed by atoms with Crippen LogP contribution in [0.4, 0.5) is 5.69 Å². The molecule has 1 atom stereocenters. The van der Waals surface area contributed by atoms with E-state index in [0.29, 0.717) is 29.2 Å². The summed E-state index contributed by atoms with van der Waals surface area (Å²) in [5.74, 6) is 0.278. The third-order valence-electron chi connectivity index (χ3n) is 3.55. The zero-order chi connectivity index (χ0) is 18.2. The number of para-hydroxylation sites is 2. The van der Waals surface area contributed by atoms with Crippen molar-refractivity contribution in [3.05, 3.63) is 54.1 Å². The molecule has 1 amide bonds. The summed E-state index contributed by atoms with van der Waals surface area (Å²) in [6.07, 6.45) is -0.223. The van der Waals surface area contributed by atoms with Gasteiger partial charge in [0.15, 0.2) is 17.6 Å². The molecule has 0 heterocycles. The molecule has 1 N–H and O–H groups in total. The van der Waals surface area contributed by atoms with Gasteiger partial charge in [0.25, 0.3) is 5.91 Å². The van der Waals surface area contributed by atoms with Crippen molar-refractivity contribution < 1.29 is 23.8 Å². The second kappa shape index (κ2) is 8.73. The predicted octanol–water partition coefficient (Wildman–Crippen LogP) is 3.28. The monoisotopic (exact) mass is 343 g/mol. The third kappa shape index (κ3) is 4.73. The number of carbonyl (C=O) groups excluding carboxylic acids is 2. The van der Waals surface area contributed by atoms with Crippen LogP contribution in [-0.4, -0.2) is 32.2 Å². The van der Waals surface area contributed by atoms with Gasteiger partial charge in [-0.1, -0.05) is 25.1 Å². The van der Waals surface area contributed by atoms with Crippen LogP contribution in [0.5, 0.6) is 11.5 Å². The van der Waals surface area contributed by atoms with E-state index in [1.54, 1.807) is 43.5 Å². The molecule has 2 aromatic rings. The lowest BCUT2D eigenvalue weighted by molar-refractivity contribution is -0.122. The summed E-state index contributed by atoms with van der Waals surface area (Å²) in [4.78, 5) is 24.1. The quantitative estimate of drug-likeness (QED) is 0.781. The zero-order valence-electron chi connectivity index (χ0n) is 14.4. The maximum atomic E-state index is 12.5. The van der Waals surface area contributed by atoms with Crippen LogP contribution in [0.2, 0.25) is 0 Å². The van der Waals surface area contributed by atoms with E-state index in [9.17, 15) is 9.59 Å². The summed E-state index contributed by atoms with van der Waals surface area (Å²) < 4.78 is 15.7. The van der Waals surface area contributed by atoms with Crippen molar-refractivity contribution >= 4 is 17.6 Å². The number of benzene rings is 2. The third-order valence-corrected chi connectivity index (χ3v) is 3.55. The number of esters is 1. The minimum absolute atomic E-state index is 0.310. The molecule has 0 bridgehead atoms. The largest absolute Gasteiger partial charge is 0.493 e. The van der Waals surface area contributed by atoms with Gasteiger partial charge in [0.2, 0.25) is 0 Å². The number of hydrogen-bond acceptors (Lipinski definition) is 5. The van der Waals surface area contributed by atoms with Crippen LogP contribution in [0.15, 0.2) is 48.5 Å². The Kier molecular flexibility index (Phi) is 6.39. The lowest BCUT2D eigenvalue weighted by Gasteiger charge is -2.19. The predicted molar refractivity (Wildman–Crippen MR) is 94.1 cm³/mol. The maximum Gasteiger partial charge on any atom is 0.337 e.